The Morgan fingerprint density at radius 2 is 2.12 bits per heavy atom. The van der Waals surface area contributed by atoms with Crippen molar-refractivity contribution in [2.45, 2.75) is 18.5 Å². The van der Waals surface area contributed by atoms with E-state index in [4.69, 9.17) is 0 Å². The largest absolute Gasteiger partial charge is 0.331 e. The van der Waals surface area contributed by atoms with Crippen LogP contribution in [0, 0.1) is 0 Å². The van der Waals surface area contributed by atoms with Gasteiger partial charge in [-0.25, -0.2) is 0 Å². The van der Waals surface area contributed by atoms with Gasteiger partial charge in [0.1, 0.15) is 0 Å². The van der Waals surface area contributed by atoms with Crippen LogP contribution in [0.25, 0.3) is 0 Å². The van der Waals surface area contributed by atoms with E-state index in [0.717, 1.165) is 17.4 Å². The summed E-state index contributed by atoms with van der Waals surface area (Å²) in [5, 5.41) is 0. The topological polar surface area (TPSA) is 37.4 Å². The maximum atomic E-state index is 11.9. The molecule has 0 spiro atoms. The first-order chi connectivity index (χ1) is 7.85. The maximum absolute atomic E-state index is 11.9. The highest BCUT2D eigenvalue weighted by atomic mass is 127. The molecule has 0 saturated carbocycles. The predicted molar refractivity (Wildman–Crippen MR) is 80.7 cm³/mol. The molecule has 1 aliphatic rings. The summed E-state index contributed by atoms with van der Waals surface area (Å²) >= 11 is 2.14. The first kappa shape index (κ1) is 15.4. The molecule has 0 aromatic heterocycles. The Morgan fingerprint density at radius 3 is 2.65 bits per heavy atom. The fourth-order valence-electron chi connectivity index (χ4n) is 1.83. The molecule has 0 bridgehead atoms. The Hall–Kier alpha value is 0.325. The molecule has 2 unspecified atom stereocenters. The number of hydrogen-bond donors (Lipinski definition) is 0. The lowest BCUT2D eigenvalue weighted by molar-refractivity contribution is -0.870. The van der Waals surface area contributed by atoms with Gasteiger partial charge < -0.3 is 4.48 Å². The molecule has 1 aliphatic heterocycles. The summed E-state index contributed by atoms with van der Waals surface area (Å²) in [4.78, 5) is 27.1. The summed E-state index contributed by atoms with van der Waals surface area (Å²) in [6.45, 7) is 1.55. The normalized spacial score (nSPS) is 21.9. The van der Waals surface area contributed by atoms with Crippen LogP contribution >= 0.6 is 30.8 Å². The molecule has 0 aromatic rings. The third kappa shape index (κ3) is 4.83. The molecule has 1 heterocycles. The van der Waals surface area contributed by atoms with Gasteiger partial charge in [0.25, 0.3) is 0 Å². The summed E-state index contributed by atoms with van der Waals surface area (Å²) in [7, 11) is 6.80. The van der Waals surface area contributed by atoms with Gasteiger partial charge in [-0.05, 0) is 0 Å². The van der Waals surface area contributed by atoms with E-state index in [2.05, 4.69) is 43.5 Å². The second-order valence-corrected chi connectivity index (χ2v) is 8.40. The van der Waals surface area contributed by atoms with E-state index < -0.39 is 0 Å². The van der Waals surface area contributed by atoms with Crippen molar-refractivity contribution >= 4 is 47.5 Å². The Morgan fingerprint density at radius 1 is 1.47 bits per heavy atom. The minimum absolute atomic E-state index is 0.00663. The summed E-state index contributed by atoms with van der Waals surface area (Å²) in [5.74, 6) is 0.0369. The van der Waals surface area contributed by atoms with Gasteiger partial charge in [-0.1, -0.05) is 0 Å². The number of amides is 2. The number of halogens is 1. The summed E-state index contributed by atoms with van der Waals surface area (Å²) < 4.78 is 0.864. The molecule has 2 amide bonds. The standard InChI is InChI=1S/C10H19BIN2O2P/c1-14(2,3)6-4-5-13-9(15)7-8(10(13)16)17-11-12/h8,17H,4-7H2,1-3H3/q+1. The van der Waals surface area contributed by atoms with Crippen LogP contribution in [0.4, 0.5) is 0 Å². The average molecular weight is 368 g/mol. The molecule has 0 aromatic carbocycles. The van der Waals surface area contributed by atoms with Crippen LogP contribution in [0.1, 0.15) is 12.8 Å². The van der Waals surface area contributed by atoms with Crippen LogP contribution in [0.15, 0.2) is 0 Å². The van der Waals surface area contributed by atoms with Crippen LogP contribution in [0.5, 0.6) is 0 Å². The summed E-state index contributed by atoms with van der Waals surface area (Å²) in [6, 6.07) is 0. The molecule has 0 aliphatic carbocycles. The zero-order valence-corrected chi connectivity index (χ0v) is 13.7. The number of quaternary nitrogens is 1. The number of imide groups is 1. The lowest BCUT2D eigenvalue weighted by atomic mass is 10.3. The number of likely N-dealkylation sites (tertiary alicyclic amines) is 1. The third-order valence-electron chi connectivity index (χ3n) is 2.72. The average Bonchev–Trinajstić information content (AvgIpc) is 2.44. The van der Waals surface area contributed by atoms with Crippen molar-refractivity contribution in [3.05, 3.63) is 0 Å². The molecule has 1 saturated heterocycles. The molecule has 1 radical (unpaired) electrons. The van der Waals surface area contributed by atoms with Gasteiger partial charge in [0.05, 0.1) is 33.3 Å². The lowest BCUT2D eigenvalue weighted by Crippen LogP contribution is -2.39. The smallest absolute Gasteiger partial charge is 0.236 e. The second-order valence-electron chi connectivity index (χ2n) is 5.28. The van der Waals surface area contributed by atoms with E-state index in [1.807, 2.05) is 4.86 Å². The van der Waals surface area contributed by atoms with Crippen LogP contribution < -0.4 is 0 Å². The number of carbonyl (C=O) groups excluding carboxylic acids is 2. The monoisotopic (exact) mass is 368 g/mol. The van der Waals surface area contributed by atoms with E-state index in [1.165, 1.54) is 4.90 Å². The zero-order valence-electron chi connectivity index (χ0n) is 10.6. The molecule has 0 N–H and O–H groups in total. The SMILES string of the molecule is C[N+](C)(C)CCCN1C(=O)CC(P[B]I)C1=O. The Kier molecular flexibility index (Phi) is 5.86. The van der Waals surface area contributed by atoms with Gasteiger partial charge in [-0.15, -0.1) is 8.46 Å². The molecule has 2 atom stereocenters. The zero-order chi connectivity index (χ0) is 13.1. The Labute approximate surface area is 119 Å². The van der Waals surface area contributed by atoms with Crippen molar-refractivity contribution in [3.8, 4) is 0 Å². The first-order valence-corrected chi connectivity index (χ1v) is 8.08. The summed E-state index contributed by atoms with van der Waals surface area (Å²) in [5.41, 5.74) is -0.0801. The van der Waals surface area contributed by atoms with Crippen LogP contribution in [0.3, 0.4) is 0 Å². The first-order valence-electron chi connectivity index (χ1n) is 5.68. The fraction of sp³-hybridized carbons (Fsp3) is 0.800. The van der Waals surface area contributed by atoms with Crippen molar-refractivity contribution in [2.24, 2.45) is 0 Å². The predicted octanol–water partition coefficient (Wildman–Crippen LogP) is 0.858. The number of carbonyl (C=O) groups is 2. The molecule has 17 heavy (non-hydrogen) atoms. The molecule has 95 valence electrons. The number of nitrogens with zero attached hydrogens (tertiary/aromatic N) is 2. The molecule has 1 fully saturated rings. The highest BCUT2D eigenvalue weighted by molar-refractivity contribution is 14.1. The van der Waals surface area contributed by atoms with Crippen molar-refractivity contribution in [1.29, 1.82) is 0 Å². The van der Waals surface area contributed by atoms with Crippen molar-refractivity contribution in [3.63, 3.8) is 0 Å². The van der Waals surface area contributed by atoms with E-state index in [0.29, 0.717) is 21.4 Å². The highest BCUT2D eigenvalue weighted by Crippen LogP contribution is 2.30. The van der Waals surface area contributed by atoms with Gasteiger partial charge in [-0.3, -0.25) is 14.5 Å². The van der Waals surface area contributed by atoms with Gasteiger partial charge >= 0.3 is 0 Å². The fourth-order valence-corrected chi connectivity index (χ4v) is 3.87. The highest BCUT2D eigenvalue weighted by Gasteiger charge is 2.37. The van der Waals surface area contributed by atoms with Gasteiger partial charge in [-0.2, -0.15) is 22.4 Å². The van der Waals surface area contributed by atoms with Crippen molar-refractivity contribution in [2.75, 3.05) is 34.2 Å². The van der Waals surface area contributed by atoms with E-state index in [9.17, 15) is 9.59 Å². The molecular formula is C10H19BIN2O2P+. The van der Waals surface area contributed by atoms with Gasteiger partial charge in [0.15, 0.2) is 0 Å². The summed E-state index contributed by atoms with van der Waals surface area (Å²) in [6.07, 6.45) is 1.28. The minimum atomic E-state index is -0.0801. The minimum Gasteiger partial charge on any atom is -0.331 e. The quantitative estimate of drug-likeness (QED) is 0.229. The van der Waals surface area contributed by atoms with E-state index in [-0.39, 0.29) is 17.5 Å². The number of hydrogen-bond acceptors (Lipinski definition) is 2. The van der Waals surface area contributed by atoms with E-state index in [1.54, 1.807) is 0 Å². The second kappa shape index (κ2) is 6.48. The molecule has 1 rings (SSSR count). The van der Waals surface area contributed by atoms with Crippen LogP contribution in [0.2, 0.25) is 0 Å². The van der Waals surface area contributed by atoms with Crippen molar-refractivity contribution < 1.29 is 14.1 Å². The van der Waals surface area contributed by atoms with Crippen LogP contribution in [-0.4, -0.2) is 65.9 Å². The molecular weight excluding hydrogens is 349 g/mol. The lowest BCUT2D eigenvalue weighted by Gasteiger charge is -2.25. The molecule has 4 nitrogen and oxygen atoms in total. The van der Waals surface area contributed by atoms with Crippen molar-refractivity contribution in [1.82, 2.24) is 4.90 Å². The van der Waals surface area contributed by atoms with Crippen LogP contribution in [-0.2, 0) is 9.59 Å². The number of rotatable bonds is 6. The Bertz CT molecular complexity index is 309. The Balaban J connectivity index is 2.43. The third-order valence-corrected chi connectivity index (χ3v) is 4.78. The van der Waals surface area contributed by atoms with Gasteiger partial charge in [0.2, 0.25) is 16.7 Å². The molecule has 7 heteroatoms. The maximum Gasteiger partial charge on any atom is 0.236 e. The van der Waals surface area contributed by atoms with E-state index >= 15 is 0 Å². The van der Waals surface area contributed by atoms with Gasteiger partial charge in [0, 0.05) is 19.4 Å².